The van der Waals surface area contributed by atoms with Gasteiger partial charge in [-0.1, -0.05) is 49.9 Å². The summed E-state index contributed by atoms with van der Waals surface area (Å²) in [6.45, 7) is 0. The molecule has 2 aromatic carbocycles. The Bertz CT molecular complexity index is 771. The van der Waals surface area contributed by atoms with E-state index in [0.717, 1.165) is 34.6 Å². The molecule has 1 saturated carbocycles. The first-order chi connectivity index (χ1) is 12.8. The number of rotatable bonds is 5. The molecule has 0 spiro atoms. The Labute approximate surface area is 159 Å². The molecule has 1 N–H and O–H groups in total. The van der Waals surface area contributed by atoms with Crippen molar-refractivity contribution in [2.75, 3.05) is 0 Å². The summed E-state index contributed by atoms with van der Waals surface area (Å²) in [6.07, 6.45) is 7.16. The lowest BCUT2D eigenvalue weighted by molar-refractivity contribution is 0.0930. The van der Waals surface area contributed by atoms with E-state index in [0.29, 0.717) is 11.6 Å². The molecule has 2 aromatic rings. The number of carbonyl (C=O) groups excluding carboxylic acids is 1. The van der Waals surface area contributed by atoms with Gasteiger partial charge in [0.05, 0.1) is 17.2 Å². The largest absolute Gasteiger partial charge is 0.349 e. The Morgan fingerprint density at radius 1 is 1.04 bits per heavy atom. The lowest BCUT2D eigenvalue weighted by Gasteiger charge is -2.17. The number of benzene rings is 2. The molecule has 1 aliphatic carbocycles. The van der Waals surface area contributed by atoms with Gasteiger partial charge in [0.25, 0.3) is 5.91 Å². The van der Waals surface area contributed by atoms with Gasteiger partial charge in [-0.3, -0.25) is 4.79 Å². The average molecular weight is 365 g/mol. The minimum absolute atomic E-state index is 0.0415. The summed E-state index contributed by atoms with van der Waals surface area (Å²) in [7, 11) is 0. The Balaban J connectivity index is 1.64. The van der Waals surface area contributed by atoms with E-state index < -0.39 is 0 Å². The zero-order valence-corrected chi connectivity index (χ0v) is 15.7. The summed E-state index contributed by atoms with van der Waals surface area (Å²) in [6, 6.07) is 17.9. The second-order valence-corrected chi connectivity index (χ2v) is 7.77. The second kappa shape index (κ2) is 9.45. The smallest absolute Gasteiger partial charge is 0.252 e. The summed E-state index contributed by atoms with van der Waals surface area (Å²) < 4.78 is 0. The van der Waals surface area contributed by atoms with E-state index in [1.54, 1.807) is 11.8 Å². The van der Waals surface area contributed by atoms with Gasteiger partial charge in [-0.2, -0.15) is 5.26 Å². The first-order valence-corrected chi connectivity index (χ1v) is 10.3. The predicted molar refractivity (Wildman–Crippen MR) is 106 cm³/mol. The summed E-state index contributed by atoms with van der Waals surface area (Å²) in [5.74, 6) is 0.819. The molecule has 0 aliphatic heterocycles. The Morgan fingerprint density at radius 2 is 1.73 bits per heavy atom. The maximum absolute atomic E-state index is 12.8. The summed E-state index contributed by atoms with van der Waals surface area (Å²) in [4.78, 5) is 13.8. The first-order valence-electron chi connectivity index (χ1n) is 9.28. The van der Waals surface area contributed by atoms with Crippen LogP contribution >= 0.6 is 11.8 Å². The van der Waals surface area contributed by atoms with E-state index in [2.05, 4.69) is 11.4 Å². The van der Waals surface area contributed by atoms with Crippen LogP contribution < -0.4 is 5.32 Å². The zero-order valence-electron chi connectivity index (χ0n) is 14.9. The normalized spacial score (nSPS) is 15.0. The molecule has 3 rings (SSSR count). The SMILES string of the molecule is N#Cc1ccc(CSc2ccccc2C(=O)NC2CCCCCC2)cc1. The maximum Gasteiger partial charge on any atom is 0.252 e. The van der Waals surface area contributed by atoms with E-state index in [1.807, 2.05) is 48.5 Å². The third-order valence-electron chi connectivity index (χ3n) is 4.80. The van der Waals surface area contributed by atoms with Crippen molar-refractivity contribution in [3.63, 3.8) is 0 Å². The molecule has 1 aliphatic rings. The summed E-state index contributed by atoms with van der Waals surface area (Å²) in [5.41, 5.74) is 2.57. The van der Waals surface area contributed by atoms with Crippen LogP contribution in [0.2, 0.25) is 0 Å². The van der Waals surface area contributed by atoms with Gasteiger partial charge in [0.15, 0.2) is 0 Å². The molecule has 1 amide bonds. The van der Waals surface area contributed by atoms with Crippen molar-refractivity contribution < 1.29 is 4.79 Å². The fourth-order valence-electron chi connectivity index (χ4n) is 3.30. The van der Waals surface area contributed by atoms with Crippen molar-refractivity contribution >= 4 is 17.7 Å². The number of amides is 1. The third-order valence-corrected chi connectivity index (χ3v) is 5.94. The van der Waals surface area contributed by atoms with E-state index in [1.165, 1.54) is 25.7 Å². The van der Waals surface area contributed by atoms with Crippen LogP contribution in [-0.2, 0) is 5.75 Å². The van der Waals surface area contributed by atoms with Crippen LogP contribution in [0.3, 0.4) is 0 Å². The topological polar surface area (TPSA) is 52.9 Å². The van der Waals surface area contributed by atoms with Crippen molar-refractivity contribution in [3.05, 3.63) is 65.2 Å². The van der Waals surface area contributed by atoms with Gasteiger partial charge in [0.1, 0.15) is 0 Å². The highest BCUT2D eigenvalue weighted by atomic mass is 32.2. The van der Waals surface area contributed by atoms with Gasteiger partial charge in [0, 0.05) is 16.7 Å². The van der Waals surface area contributed by atoms with Crippen LogP contribution in [-0.4, -0.2) is 11.9 Å². The minimum Gasteiger partial charge on any atom is -0.349 e. The molecule has 0 radical (unpaired) electrons. The Kier molecular flexibility index (Phi) is 6.74. The molecule has 0 atom stereocenters. The van der Waals surface area contributed by atoms with Crippen LogP contribution in [0.4, 0.5) is 0 Å². The van der Waals surface area contributed by atoms with Gasteiger partial charge in [-0.15, -0.1) is 11.8 Å². The average Bonchev–Trinajstić information content (AvgIpc) is 2.95. The van der Waals surface area contributed by atoms with Crippen LogP contribution in [0.25, 0.3) is 0 Å². The molecule has 0 saturated heterocycles. The molecule has 26 heavy (non-hydrogen) atoms. The highest BCUT2D eigenvalue weighted by molar-refractivity contribution is 7.98. The van der Waals surface area contributed by atoms with Gasteiger partial charge in [-0.25, -0.2) is 0 Å². The van der Waals surface area contributed by atoms with Gasteiger partial charge in [-0.05, 0) is 42.7 Å². The van der Waals surface area contributed by atoms with Gasteiger partial charge >= 0.3 is 0 Å². The van der Waals surface area contributed by atoms with Crippen molar-refractivity contribution in [2.24, 2.45) is 0 Å². The molecular formula is C22H24N2OS. The second-order valence-electron chi connectivity index (χ2n) is 6.76. The van der Waals surface area contributed by atoms with Crippen molar-refractivity contribution in [1.29, 1.82) is 5.26 Å². The summed E-state index contributed by atoms with van der Waals surface area (Å²) in [5, 5.41) is 12.1. The monoisotopic (exact) mass is 364 g/mol. The Morgan fingerprint density at radius 3 is 2.42 bits per heavy atom. The molecule has 0 aromatic heterocycles. The highest BCUT2D eigenvalue weighted by Crippen LogP contribution is 2.27. The third kappa shape index (κ3) is 5.12. The lowest BCUT2D eigenvalue weighted by Crippen LogP contribution is -2.34. The molecule has 1 fully saturated rings. The van der Waals surface area contributed by atoms with Crippen LogP contribution in [0, 0.1) is 11.3 Å². The molecule has 134 valence electrons. The quantitative estimate of drug-likeness (QED) is 0.578. The molecular weight excluding hydrogens is 340 g/mol. The number of nitrogens with one attached hydrogen (secondary N) is 1. The van der Waals surface area contributed by atoms with Crippen molar-refractivity contribution in [2.45, 2.75) is 55.2 Å². The Hall–Kier alpha value is -2.25. The first kappa shape index (κ1) is 18.5. The number of carbonyl (C=O) groups is 1. The van der Waals surface area contributed by atoms with Gasteiger partial charge in [0.2, 0.25) is 0 Å². The number of hydrogen-bond acceptors (Lipinski definition) is 3. The summed E-state index contributed by atoms with van der Waals surface area (Å²) >= 11 is 1.66. The van der Waals surface area contributed by atoms with E-state index in [9.17, 15) is 4.79 Å². The number of thioether (sulfide) groups is 1. The molecule has 0 bridgehead atoms. The number of nitrogens with zero attached hydrogens (tertiary/aromatic N) is 1. The van der Waals surface area contributed by atoms with Crippen molar-refractivity contribution in [3.8, 4) is 6.07 Å². The predicted octanol–water partition coefficient (Wildman–Crippen LogP) is 5.30. The van der Waals surface area contributed by atoms with E-state index in [4.69, 9.17) is 5.26 Å². The minimum atomic E-state index is 0.0415. The number of hydrogen-bond donors (Lipinski definition) is 1. The van der Waals surface area contributed by atoms with Crippen LogP contribution in [0.15, 0.2) is 53.4 Å². The lowest BCUT2D eigenvalue weighted by atomic mass is 10.1. The standard InChI is InChI=1S/C22H24N2OS/c23-15-17-11-13-18(14-12-17)16-26-21-10-6-5-9-20(21)22(25)24-19-7-3-1-2-4-8-19/h5-6,9-14,19H,1-4,7-8,16H2,(H,24,25). The zero-order chi connectivity index (χ0) is 18.2. The van der Waals surface area contributed by atoms with Crippen LogP contribution in [0.5, 0.6) is 0 Å². The fraction of sp³-hybridized carbons (Fsp3) is 0.364. The molecule has 3 nitrogen and oxygen atoms in total. The molecule has 0 heterocycles. The van der Waals surface area contributed by atoms with E-state index in [-0.39, 0.29) is 5.91 Å². The maximum atomic E-state index is 12.8. The van der Waals surface area contributed by atoms with Gasteiger partial charge < -0.3 is 5.32 Å². The fourth-order valence-corrected chi connectivity index (χ4v) is 4.31. The number of nitriles is 1. The highest BCUT2D eigenvalue weighted by Gasteiger charge is 2.17. The van der Waals surface area contributed by atoms with Crippen molar-refractivity contribution in [1.82, 2.24) is 5.32 Å². The van der Waals surface area contributed by atoms with E-state index >= 15 is 0 Å². The molecule has 4 heteroatoms. The van der Waals surface area contributed by atoms with Crippen LogP contribution in [0.1, 0.15) is 60.0 Å². The molecule has 0 unspecified atom stereocenters.